The van der Waals surface area contributed by atoms with Crippen LogP contribution in [0.5, 0.6) is 0 Å². The van der Waals surface area contributed by atoms with Crippen molar-refractivity contribution in [3.63, 3.8) is 0 Å². The summed E-state index contributed by atoms with van der Waals surface area (Å²) in [5.41, 5.74) is 7.83. The number of nitrogens with zero attached hydrogens (tertiary/aromatic N) is 3. The van der Waals surface area contributed by atoms with Crippen LogP contribution in [0.1, 0.15) is 44.6 Å². The highest BCUT2D eigenvalue weighted by Crippen LogP contribution is 2.46. The van der Waals surface area contributed by atoms with Crippen molar-refractivity contribution >= 4 is 28.9 Å². The van der Waals surface area contributed by atoms with Gasteiger partial charge in [-0.25, -0.2) is 16.7 Å². The second kappa shape index (κ2) is 13.7. The number of hydrogen-bond donors (Lipinski definition) is 6. The molecule has 0 unspecified atom stereocenters. The fourth-order valence-electron chi connectivity index (χ4n) is 3.53. The Kier molecular flexibility index (Phi) is 11.1. The summed E-state index contributed by atoms with van der Waals surface area (Å²) in [6, 6.07) is 3.94. The van der Waals surface area contributed by atoms with Crippen LogP contribution in [-0.4, -0.2) is 60.0 Å². The number of anilines is 1. The summed E-state index contributed by atoms with van der Waals surface area (Å²) in [4.78, 5) is 28.9. The van der Waals surface area contributed by atoms with E-state index in [0.717, 1.165) is 22.6 Å². The van der Waals surface area contributed by atoms with Gasteiger partial charge in [0.05, 0.1) is 46.1 Å². The van der Waals surface area contributed by atoms with Gasteiger partial charge in [-0.15, -0.1) is 0 Å². The van der Waals surface area contributed by atoms with Gasteiger partial charge in [0.1, 0.15) is 0 Å². The van der Waals surface area contributed by atoms with E-state index in [-0.39, 0.29) is 41.0 Å². The fraction of sp³-hybridized carbons (Fsp3) is 0.320. The minimum atomic E-state index is -6.72. The summed E-state index contributed by atoms with van der Waals surface area (Å²) in [6.07, 6.45) is -9.99. The molecule has 0 bridgehead atoms. The molecule has 46 heavy (non-hydrogen) atoms. The molecule has 0 aliphatic carbocycles. The van der Waals surface area contributed by atoms with Crippen molar-refractivity contribution in [3.8, 4) is 0 Å². The van der Waals surface area contributed by atoms with E-state index in [1.807, 2.05) is 0 Å². The minimum Gasteiger partial charge on any atom is -0.396 e. The number of hydrazine groups is 2. The van der Waals surface area contributed by atoms with E-state index in [2.05, 4.69) is 10.3 Å². The first-order valence-electron chi connectivity index (χ1n) is 12.5. The summed E-state index contributed by atoms with van der Waals surface area (Å²) >= 11 is 0. The van der Waals surface area contributed by atoms with Crippen molar-refractivity contribution in [1.29, 1.82) is 0 Å². The van der Waals surface area contributed by atoms with Gasteiger partial charge in [-0.1, -0.05) is 0 Å². The van der Waals surface area contributed by atoms with Crippen LogP contribution in [0.15, 0.2) is 42.7 Å². The number of alkyl halides is 10. The molecular weight excluding hydrogens is 648 g/mol. The van der Waals surface area contributed by atoms with E-state index in [9.17, 15) is 53.5 Å². The van der Waals surface area contributed by atoms with Gasteiger partial charge in [0.2, 0.25) is 0 Å². The summed E-state index contributed by atoms with van der Waals surface area (Å²) in [5.74, 6) is -3.73. The van der Waals surface area contributed by atoms with Gasteiger partial charge < -0.3 is 27.1 Å². The first-order valence-corrected chi connectivity index (χ1v) is 12.5. The van der Waals surface area contributed by atoms with Crippen LogP contribution in [0, 0.1) is 0 Å². The zero-order valence-corrected chi connectivity index (χ0v) is 23.7. The Morgan fingerprint density at radius 3 is 1.87 bits per heavy atom. The maximum atomic E-state index is 13.8. The number of nitrogens with one attached hydrogen (secondary N) is 2. The maximum absolute atomic E-state index is 13.8. The predicted molar refractivity (Wildman–Crippen MR) is 145 cm³/mol. The van der Waals surface area contributed by atoms with Gasteiger partial charge in [-0.2, -0.15) is 43.9 Å². The SMILES string of the molecule is CCNC(=O)c1cc(/C(N)=C/N(C)N)nc(/C(N)=C/N(N)c2ccc(C(=O)NCC(F)(F)C(F)(F)C(F)(F)F)c(C(F)(F)F)c2)c1. The molecule has 11 nitrogen and oxygen atoms in total. The lowest BCUT2D eigenvalue weighted by Gasteiger charge is -2.28. The van der Waals surface area contributed by atoms with Crippen LogP contribution in [0.4, 0.5) is 49.6 Å². The standard InChI is InChI=1S/C25H27F10N9O2/c1-3-40-20(45)12-6-18(16(36)9-43(2)38)42-19(7-12)17(37)10-44(39)13-4-5-14(15(8-13)23(28,29)30)21(46)41-11-22(26,27)24(31,32)25(33,34)35/h4-10H,3,11,36-39H2,1-2H3,(H,40,45)(H,41,46)/b16-9-,17-10-. The first-order chi connectivity index (χ1) is 20.9. The topological polar surface area (TPSA) is 182 Å². The molecule has 21 heteroatoms. The number of halogens is 10. The van der Waals surface area contributed by atoms with Crippen LogP contribution >= 0.6 is 0 Å². The van der Waals surface area contributed by atoms with Gasteiger partial charge in [-0.05, 0) is 37.3 Å². The summed E-state index contributed by atoms with van der Waals surface area (Å²) in [6.45, 7) is -0.765. The molecule has 1 heterocycles. The summed E-state index contributed by atoms with van der Waals surface area (Å²) < 4.78 is 132. The van der Waals surface area contributed by atoms with Gasteiger partial charge in [0.25, 0.3) is 11.8 Å². The minimum absolute atomic E-state index is 0.0154. The third-order valence-electron chi connectivity index (χ3n) is 5.77. The van der Waals surface area contributed by atoms with E-state index in [1.165, 1.54) is 25.4 Å². The van der Waals surface area contributed by atoms with Gasteiger partial charge in [0, 0.05) is 31.6 Å². The van der Waals surface area contributed by atoms with Crippen molar-refractivity contribution in [1.82, 2.24) is 20.6 Å². The Morgan fingerprint density at radius 1 is 0.848 bits per heavy atom. The lowest BCUT2D eigenvalue weighted by Crippen LogP contribution is -2.56. The number of pyridine rings is 1. The van der Waals surface area contributed by atoms with Gasteiger partial charge in [-0.3, -0.25) is 14.6 Å². The number of benzene rings is 1. The molecule has 0 saturated heterocycles. The Labute approximate surface area is 253 Å². The second-order valence-electron chi connectivity index (χ2n) is 9.41. The van der Waals surface area contributed by atoms with Crippen molar-refractivity contribution in [2.75, 3.05) is 25.1 Å². The molecule has 0 radical (unpaired) electrons. The Balaban J connectivity index is 2.49. The Bertz CT molecular complexity index is 1510. The van der Waals surface area contributed by atoms with E-state index in [1.54, 1.807) is 6.92 Å². The van der Waals surface area contributed by atoms with Crippen LogP contribution in [0.3, 0.4) is 0 Å². The smallest absolute Gasteiger partial charge is 0.396 e. The second-order valence-corrected chi connectivity index (χ2v) is 9.41. The lowest BCUT2D eigenvalue weighted by molar-refractivity contribution is -0.352. The highest BCUT2D eigenvalue weighted by Gasteiger charge is 2.72. The molecule has 0 aliphatic rings. The van der Waals surface area contributed by atoms with Crippen molar-refractivity contribution < 1.29 is 53.5 Å². The van der Waals surface area contributed by atoms with E-state index < -0.39 is 59.4 Å². The van der Waals surface area contributed by atoms with Crippen molar-refractivity contribution in [2.24, 2.45) is 23.2 Å². The average Bonchev–Trinajstić information content (AvgIpc) is 2.93. The molecule has 2 rings (SSSR count). The zero-order valence-electron chi connectivity index (χ0n) is 23.7. The van der Waals surface area contributed by atoms with Crippen LogP contribution < -0.4 is 38.8 Å². The molecule has 2 amide bonds. The molecule has 1 aromatic heterocycles. The Hall–Kier alpha value is -4.79. The maximum Gasteiger partial charge on any atom is 0.459 e. The molecule has 0 aliphatic heterocycles. The normalized spacial score (nSPS) is 13.3. The fourth-order valence-corrected chi connectivity index (χ4v) is 3.53. The molecular formula is C25H27F10N9O2. The number of carbonyl (C=O) groups excluding carboxylic acids is 2. The third kappa shape index (κ3) is 8.68. The predicted octanol–water partition coefficient (Wildman–Crippen LogP) is 3.11. The lowest BCUT2D eigenvalue weighted by atomic mass is 10.0. The number of carbonyl (C=O) groups is 2. The Morgan fingerprint density at radius 2 is 1.39 bits per heavy atom. The zero-order chi connectivity index (χ0) is 35.4. The molecule has 2 aromatic rings. The first kappa shape index (κ1) is 37.4. The molecule has 0 saturated carbocycles. The number of rotatable bonds is 11. The molecule has 0 atom stereocenters. The van der Waals surface area contributed by atoms with Crippen LogP contribution in [0.25, 0.3) is 11.4 Å². The number of aromatic nitrogens is 1. The van der Waals surface area contributed by atoms with E-state index >= 15 is 0 Å². The highest BCUT2D eigenvalue weighted by molar-refractivity contribution is 5.97. The molecule has 0 spiro atoms. The summed E-state index contributed by atoms with van der Waals surface area (Å²) in [7, 11) is 1.44. The molecule has 10 N–H and O–H groups in total. The van der Waals surface area contributed by atoms with Crippen molar-refractivity contribution in [2.45, 2.75) is 31.1 Å². The van der Waals surface area contributed by atoms with Gasteiger partial charge in [0.15, 0.2) is 0 Å². The van der Waals surface area contributed by atoms with Crippen LogP contribution in [-0.2, 0) is 6.18 Å². The molecule has 254 valence electrons. The van der Waals surface area contributed by atoms with Crippen LogP contribution in [0.2, 0.25) is 0 Å². The highest BCUT2D eigenvalue weighted by atomic mass is 19.4. The molecule has 0 fully saturated rings. The van der Waals surface area contributed by atoms with Crippen molar-refractivity contribution in [3.05, 3.63) is 70.8 Å². The van der Waals surface area contributed by atoms with Gasteiger partial charge >= 0.3 is 24.2 Å². The monoisotopic (exact) mass is 675 g/mol. The van der Waals surface area contributed by atoms with E-state index in [4.69, 9.17) is 23.2 Å². The van der Waals surface area contributed by atoms with E-state index in [0.29, 0.717) is 11.1 Å². The third-order valence-corrected chi connectivity index (χ3v) is 5.77. The number of nitrogens with two attached hydrogens (primary N) is 4. The molecule has 1 aromatic carbocycles. The average molecular weight is 676 g/mol. The number of amides is 2. The number of hydrogen-bond acceptors (Lipinski definition) is 9. The summed E-state index contributed by atoms with van der Waals surface area (Å²) in [5, 5.41) is 5.12. The quantitative estimate of drug-likeness (QED) is 0.119. The largest absolute Gasteiger partial charge is 0.459 e.